The van der Waals surface area contributed by atoms with Crippen LogP contribution in [0.3, 0.4) is 0 Å². The number of para-hydroxylation sites is 2. The summed E-state index contributed by atoms with van der Waals surface area (Å²) in [6.07, 6.45) is 0. The smallest absolute Gasteiger partial charge is 0.271 e. The van der Waals surface area contributed by atoms with E-state index in [0.29, 0.717) is 11.3 Å². The Hall–Kier alpha value is -4.20. The molecule has 2 amide bonds. The summed E-state index contributed by atoms with van der Waals surface area (Å²) in [7, 11) is 0. The molecule has 0 atom stereocenters. The van der Waals surface area contributed by atoms with Gasteiger partial charge in [0.05, 0.1) is 16.2 Å². The van der Waals surface area contributed by atoms with E-state index < -0.39 is 16.7 Å². The molecule has 0 aliphatic rings. The Morgan fingerprint density at radius 3 is 2.21 bits per heavy atom. The molecule has 0 unspecified atom stereocenters. The van der Waals surface area contributed by atoms with Gasteiger partial charge in [-0.2, -0.15) is 0 Å². The standard InChI is InChI=1S/C20H16N4O4/c25-19(14-7-6-10-16(13-14)24(27)28)22-23-20(26)17-11-4-5-12-18(17)21-15-8-2-1-3-9-15/h1-13,21H,(H,22,25)(H,23,26). The van der Waals surface area contributed by atoms with Gasteiger partial charge < -0.3 is 5.32 Å². The zero-order chi connectivity index (χ0) is 19.9. The van der Waals surface area contributed by atoms with Crippen LogP contribution in [0.25, 0.3) is 0 Å². The molecule has 3 aromatic carbocycles. The molecular weight excluding hydrogens is 360 g/mol. The molecule has 0 spiro atoms. The highest BCUT2D eigenvalue weighted by atomic mass is 16.6. The van der Waals surface area contributed by atoms with Gasteiger partial charge in [-0.05, 0) is 30.3 Å². The molecule has 0 heterocycles. The van der Waals surface area contributed by atoms with Crippen LogP contribution < -0.4 is 16.2 Å². The van der Waals surface area contributed by atoms with Crippen molar-refractivity contribution in [1.29, 1.82) is 0 Å². The second-order valence-corrected chi connectivity index (χ2v) is 5.75. The first kappa shape index (κ1) is 18.6. The van der Waals surface area contributed by atoms with Crippen LogP contribution in [-0.2, 0) is 0 Å². The third-order valence-corrected chi connectivity index (χ3v) is 3.83. The summed E-state index contributed by atoms with van der Waals surface area (Å²) < 4.78 is 0. The first-order chi connectivity index (χ1) is 13.5. The number of hydrogen-bond donors (Lipinski definition) is 3. The summed E-state index contributed by atoms with van der Waals surface area (Å²) in [6, 6.07) is 21.4. The Morgan fingerprint density at radius 2 is 1.46 bits per heavy atom. The maximum Gasteiger partial charge on any atom is 0.271 e. The number of hydrazine groups is 1. The molecule has 3 aromatic rings. The molecule has 140 valence electrons. The van der Waals surface area contributed by atoms with E-state index in [2.05, 4.69) is 16.2 Å². The van der Waals surface area contributed by atoms with Crippen molar-refractivity contribution in [2.75, 3.05) is 5.32 Å². The molecule has 3 N–H and O–H groups in total. The van der Waals surface area contributed by atoms with Gasteiger partial charge in [-0.25, -0.2) is 0 Å². The number of hydrogen-bond acceptors (Lipinski definition) is 5. The van der Waals surface area contributed by atoms with Crippen LogP contribution in [-0.4, -0.2) is 16.7 Å². The quantitative estimate of drug-likeness (QED) is 0.466. The molecule has 0 fully saturated rings. The van der Waals surface area contributed by atoms with Crippen molar-refractivity contribution in [1.82, 2.24) is 10.9 Å². The van der Waals surface area contributed by atoms with Crippen molar-refractivity contribution in [2.45, 2.75) is 0 Å². The summed E-state index contributed by atoms with van der Waals surface area (Å²) >= 11 is 0. The second kappa shape index (κ2) is 8.45. The van der Waals surface area contributed by atoms with Crippen molar-refractivity contribution in [2.24, 2.45) is 0 Å². The predicted octanol–water partition coefficient (Wildman–Crippen LogP) is 3.41. The minimum Gasteiger partial charge on any atom is -0.355 e. The molecular formula is C20H16N4O4. The van der Waals surface area contributed by atoms with Gasteiger partial charge in [-0.3, -0.25) is 30.6 Å². The minimum atomic E-state index is -0.662. The van der Waals surface area contributed by atoms with Gasteiger partial charge in [0.1, 0.15) is 0 Å². The molecule has 3 rings (SSSR count). The number of carbonyl (C=O) groups excluding carboxylic acids is 2. The summed E-state index contributed by atoms with van der Waals surface area (Å²) in [6.45, 7) is 0. The fourth-order valence-electron chi connectivity index (χ4n) is 2.48. The highest BCUT2D eigenvalue weighted by molar-refractivity contribution is 6.02. The Balaban J connectivity index is 1.69. The van der Waals surface area contributed by atoms with E-state index in [0.717, 1.165) is 11.8 Å². The minimum absolute atomic E-state index is 0.0604. The summed E-state index contributed by atoms with van der Waals surface area (Å²) in [5.74, 6) is -1.19. The van der Waals surface area contributed by atoms with Gasteiger partial charge >= 0.3 is 0 Å². The molecule has 0 aromatic heterocycles. The highest BCUT2D eigenvalue weighted by Crippen LogP contribution is 2.20. The van der Waals surface area contributed by atoms with Crippen LogP contribution in [0.4, 0.5) is 17.1 Å². The van der Waals surface area contributed by atoms with Crippen molar-refractivity contribution in [3.63, 3.8) is 0 Å². The normalized spacial score (nSPS) is 10.0. The number of non-ortho nitro benzene ring substituents is 1. The van der Waals surface area contributed by atoms with E-state index >= 15 is 0 Å². The molecule has 0 saturated carbocycles. The average molecular weight is 376 g/mol. The number of anilines is 2. The van der Waals surface area contributed by atoms with Crippen LogP contribution in [0.15, 0.2) is 78.9 Å². The zero-order valence-electron chi connectivity index (χ0n) is 14.6. The molecule has 0 radical (unpaired) electrons. The van der Waals surface area contributed by atoms with Crippen molar-refractivity contribution in [3.05, 3.63) is 100 Å². The van der Waals surface area contributed by atoms with Gasteiger partial charge in [0.15, 0.2) is 0 Å². The van der Waals surface area contributed by atoms with E-state index in [9.17, 15) is 19.7 Å². The largest absolute Gasteiger partial charge is 0.355 e. The lowest BCUT2D eigenvalue weighted by Gasteiger charge is -2.13. The van der Waals surface area contributed by atoms with Gasteiger partial charge in [0.2, 0.25) is 0 Å². The lowest BCUT2D eigenvalue weighted by molar-refractivity contribution is -0.384. The number of rotatable bonds is 5. The Bertz CT molecular complexity index is 1020. The maximum absolute atomic E-state index is 12.5. The highest BCUT2D eigenvalue weighted by Gasteiger charge is 2.14. The van der Waals surface area contributed by atoms with Gasteiger partial charge in [-0.15, -0.1) is 0 Å². The molecule has 8 heteroatoms. The van der Waals surface area contributed by atoms with Crippen LogP contribution >= 0.6 is 0 Å². The molecule has 0 aliphatic carbocycles. The van der Waals surface area contributed by atoms with Crippen molar-refractivity contribution >= 4 is 28.9 Å². The molecule has 0 saturated heterocycles. The predicted molar refractivity (Wildman–Crippen MR) is 104 cm³/mol. The topological polar surface area (TPSA) is 113 Å². The Labute approximate surface area is 160 Å². The number of carbonyl (C=O) groups is 2. The first-order valence-electron chi connectivity index (χ1n) is 8.31. The number of nitro groups is 1. The summed E-state index contributed by atoms with van der Waals surface area (Å²) in [4.78, 5) is 34.9. The Morgan fingerprint density at radius 1 is 0.786 bits per heavy atom. The number of amides is 2. The van der Waals surface area contributed by atoms with E-state index in [-0.39, 0.29) is 11.3 Å². The average Bonchev–Trinajstić information content (AvgIpc) is 2.73. The zero-order valence-corrected chi connectivity index (χ0v) is 14.6. The number of nitro benzene ring substituents is 1. The van der Waals surface area contributed by atoms with Crippen molar-refractivity contribution < 1.29 is 14.5 Å². The van der Waals surface area contributed by atoms with Gasteiger partial charge in [0, 0.05) is 23.4 Å². The Kier molecular flexibility index (Phi) is 5.61. The lowest BCUT2D eigenvalue weighted by atomic mass is 10.1. The van der Waals surface area contributed by atoms with Gasteiger partial charge in [-0.1, -0.05) is 36.4 Å². The van der Waals surface area contributed by atoms with E-state index in [1.807, 2.05) is 30.3 Å². The summed E-state index contributed by atoms with van der Waals surface area (Å²) in [5.41, 5.74) is 6.14. The lowest BCUT2D eigenvalue weighted by Crippen LogP contribution is -2.41. The van der Waals surface area contributed by atoms with Crippen LogP contribution in [0.1, 0.15) is 20.7 Å². The van der Waals surface area contributed by atoms with Crippen LogP contribution in [0.5, 0.6) is 0 Å². The number of nitrogens with one attached hydrogen (secondary N) is 3. The third-order valence-electron chi connectivity index (χ3n) is 3.83. The maximum atomic E-state index is 12.5. The van der Waals surface area contributed by atoms with E-state index in [1.165, 1.54) is 18.2 Å². The number of nitrogens with zero attached hydrogens (tertiary/aromatic N) is 1. The SMILES string of the molecule is O=C(NNC(=O)c1ccccc1Nc1ccccc1)c1cccc([N+](=O)[O-])c1. The first-order valence-corrected chi connectivity index (χ1v) is 8.31. The van der Waals surface area contributed by atoms with E-state index in [1.54, 1.807) is 24.3 Å². The molecule has 0 bridgehead atoms. The van der Waals surface area contributed by atoms with E-state index in [4.69, 9.17) is 0 Å². The monoisotopic (exact) mass is 376 g/mol. The second-order valence-electron chi connectivity index (χ2n) is 5.75. The molecule has 8 nitrogen and oxygen atoms in total. The van der Waals surface area contributed by atoms with Crippen molar-refractivity contribution in [3.8, 4) is 0 Å². The van der Waals surface area contributed by atoms with Crippen LogP contribution in [0.2, 0.25) is 0 Å². The van der Waals surface area contributed by atoms with Gasteiger partial charge in [0.25, 0.3) is 17.5 Å². The number of benzene rings is 3. The van der Waals surface area contributed by atoms with Crippen LogP contribution in [0, 0.1) is 10.1 Å². The fourth-order valence-corrected chi connectivity index (χ4v) is 2.48. The summed E-state index contributed by atoms with van der Waals surface area (Å²) in [5, 5.41) is 14.0. The fraction of sp³-hybridized carbons (Fsp3) is 0. The molecule has 28 heavy (non-hydrogen) atoms. The third kappa shape index (κ3) is 4.50. The molecule has 0 aliphatic heterocycles.